The topological polar surface area (TPSA) is 75.4 Å². The summed E-state index contributed by atoms with van der Waals surface area (Å²) >= 11 is 0. The van der Waals surface area contributed by atoms with Crippen molar-refractivity contribution in [1.82, 2.24) is 15.2 Å². The molecule has 6 heteroatoms. The van der Waals surface area contributed by atoms with E-state index in [4.69, 9.17) is 4.42 Å². The van der Waals surface area contributed by atoms with Crippen molar-refractivity contribution in [2.45, 2.75) is 39.3 Å². The van der Waals surface area contributed by atoms with Crippen LogP contribution < -0.4 is 5.32 Å². The maximum atomic E-state index is 12.3. The second-order valence-electron chi connectivity index (χ2n) is 5.33. The van der Waals surface area contributed by atoms with Crippen LogP contribution in [0.15, 0.2) is 4.42 Å². The summed E-state index contributed by atoms with van der Waals surface area (Å²) in [6.07, 6.45) is 2.03. The number of hydrogen-bond donors (Lipinski definition) is 1. The molecule has 2 aliphatic rings. The molecule has 19 heavy (non-hydrogen) atoms. The molecule has 0 spiro atoms. The molecule has 1 unspecified atom stereocenters. The first-order chi connectivity index (χ1) is 9.04. The van der Waals surface area contributed by atoms with E-state index >= 15 is 0 Å². The molecule has 1 atom stereocenters. The zero-order chi connectivity index (χ0) is 13.6. The Morgan fingerprint density at radius 3 is 2.68 bits per heavy atom. The molecule has 0 aromatic carbocycles. The van der Waals surface area contributed by atoms with E-state index in [1.165, 1.54) is 4.90 Å². The van der Waals surface area contributed by atoms with E-state index < -0.39 is 0 Å². The van der Waals surface area contributed by atoms with Crippen LogP contribution in [0, 0.1) is 19.8 Å². The fourth-order valence-corrected chi connectivity index (χ4v) is 2.38. The average molecular weight is 263 g/mol. The summed E-state index contributed by atoms with van der Waals surface area (Å²) in [7, 11) is 0. The lowest BCUT2D eigenvalue weighted by Crippen LogP contribution is -2.58. The van der Waals surface area contributed by atoms with Gasteiger partial charge in [-0.3, -0.25) is 9.59 Å². The molecule has 1 saturated heterocycles. The number of nitrogens with zero attached hydrogens (tertiary/aromatic N) is 2. The number of carbonyl (C=O) groups excluding carboxylic acids is 2. The number of aryl methyl sites for hydroxylation is 2. The highest BCUT2D eigenvalue weighted by atomic mass is 16.4. The van der Waals surface area contributed by atoms with Crippen molar-refractivity contribution >= 4 is 11.8 Å². The second kappa shape index (κ2) is 4.36. The van der Waals surface area contributed by atoms with Crippen molar-refractivity contribution < 1.29 is 14.0 Å². The molecule has 1 aromatic heterocycles. The van der Waals surface area contributed by atoms with Crippen LogP contribution >= 0.6 is 0 Å². The van der Waals surface area contributed by atoms with Crippen molar-refractivity contribution in [2.75, 3.05) is 6.54 Å². The zero-order valence-corrected chi connectivity index (χ0v) is 11.1. The van der Waals surface area contributed by atoms with Crippen molar-refractivity contribution in [2.24, 2.45) is 5.92 Å². The third kappa shape index (κ3) is 2.34. The maximum Gasteiger partial charge on any atom is 0.246 e. The number of rotatable bonds is 3. The van der Waals surface area contributed by atoms with Crippen LogP contribution in [-0.4, -0.2) is 34.3 Å². The highest BCUT2D eigenvalue weighted by molar-refractivity contribution is 5.95. The first-order valence-corrected chi connectivity index (χ1v) is 6.55. The SMILES string of the molecule is Cc1nc(CN2CC(=O)NC(C3CC3)C2=O)oc1C. The van der Waals surface area contributed by atoms with Gasteiger partial charge in [0.15, 0.2) is 0 Å². The number of aromatic nitrogens is 1. The molecule has 6 nitrogen and oxygen atoms in total. The number of amides is 2. The quantitative estimate of drug-likeness (QED) is 0.863. The Balaban J connectivity index is 1.75. The van der Waals surface area contributed by atoms with Crippen molar-refractivity contribution in [3.63, 3.8) is 0 Å². The van der Waals surface area contributed by atoms with E-state index in [1.54, 1.807) is 0 Å². The minimum atomic E-state index is -0.349. The molecule has 0 radical (unpaired) electrons. The number of oxazole rings is 1. The monoisotopic (exact) mass is 263 g/mol. The summed E-state index contributed by atoms with van der Waals surface area (Å²) in [6, 6.07) is -0.349. The van der Waals surface area contributed by atoms with E-state index in [0.29, 0.717) is 11.8 Å². The normalized spacial score (nSPS) is 23.7. The number of nitrogens with one attached hydrogen (secondary N) is 1. The van der Waals surface area contributed by atoms with Crippen LogP contribution in [0.2, 0.25) is 0 Å². The van der Waals surface area contributed by atoms with E-state index in [9.17, 15) is 9.59 Å². The van der Waals surface area contributed by atoms with Crippen LogP contribution in [0.5, 0.6) is 0 Å². The molecule has 2 heterocycles. The van der Waals surface area contributed by atoms with E-state index in [2.05, 4.69) is 10.3 Å². The van der Waals surface area contributed by atoms with Gasteiger partial charge in [0.05, 0.1) is 12.2 Å². The first kappa shape index (κ1) is 12.2. The number of hydrogen-bond acceptors (Lipinski definition) is 4. The molecule has 102 valence electrons. The molecule has 1 saturated carbocycles. The Labute approximate surface area is 111 Å². The van der Waals surface area contributed by atoms with E-state index in [1.807, 2.05) is 13.8 Å². The van der Waals surface area contributed by atoms with E-state index in [0.717, 1.165) is 24.3 Å². The molecule has 1 aromatic rings. The van der Waals surface area contributed by atoms with Crippen molar-refractivity contribution in [1.29, 1.82) is 0 Å². The van der Waals surface area contributed by atoms with Gasteiger partial charge in [0.1, 0.15) is 18.3 Å². The Hall–Kier alpha value is -1.85. The fraction of sp³-hybridized carbons (Fsp3) is 0.615. The molecular weight excluding hydrogens is 246 g/mol. The van der Waals surface area contributed by atoms with Gasteiger partial charge in [0, 0.05) is 0 Å². The summed E-state index contributed by atoms with van der Waals surface area (Å²) in [5.41, 5.74) is 0.822. The Kier molecular flexibility index (Phi) is 2.80. The molecule has 2 fully saturated rings. The molecule has 2 amide bonds. The van der Waals surface area contributed by atoms with Gasteiger partial charge in [-0.15, -0.1) is 0 Å². The van der Waals surface area contributed by atoms with Gasteiger partial charge < -0.3 is 14.6 Å². The third-order valence-electron chi connectivity index (χ3n) is 3.72. The lowest BCUT2D eigenvalue weighted by atomic mass is 10.1. The van der Waals surface area contributed by atoms with E-state index in [-0.39, 0.29) is 30.9 Å². The smallest absolute Gasteiger partial charge is 0.246 e. The van der Waals surface area contributed by atoms with Crippen LogP contribution in [0.25, 0.3) is 0 Å². The standard InChI is InChI=1S/C13H17N3O3/c1-7-8(2)19-11(14-7)6-16-5-10(17)15-12(13(16)18)9-3-4-9/h9,12H,3-6H2,1-2H3,(H,15,17). The van der Waals surface area contributed by atoms with Gasteiger partial charge in [-0.1, -0.05) is 0 Å². The Bertz CT molecular complexity index is 514. The number of carbonyl (C=O) groups is 2. The van der Waals surface area contributed by atoms with Gasteiger partial charge in [0.2, 0.25) is 17.7 Å². The second-order valence-corrected chi connectivity index (χ2v) is 5.33. The zero-order valence-electron chi connectivity index (χ0n) is 11.1. The summed E-state index contributed by atoms with van der Waals surface area (Å²) in [5.74, 6) is 1.44. The van der Waals surface area contributed by atoms with Crippen LogP contribution in [0.3, 0.4) is 0 Å². The third-order valence-corrected chi connectivity index (χ3v) is 3.72. The summed E-state index contributed by atoms with van der Waals surface area (Å²) in [6.45, 7) is 4.05. The Morgan fingerprint density at radius 2 is 2.11 bits per heavy atom. The van der Waals surface area contributed by atoms with Crippen molar-refractivity contribution in [3.8, 4) is 0 Å². The molecule has 1 aliphatic heterocycles. The van der Waals surface area contributed by atoms with Crippen LogP contribution in [-0.2, 0) is 16.1 Å². The largest absolute Gasteiger partial charge is 0.444 e. The number of piperazine rings is 1. The fourth-order valence-electron chi connectivity index (χ4n) is 2.38. The van der Waals surface area contributed by atoms with Gasteiger partial charge in [0.25, 0.3) is 0 Å². The van der Waals surface area contributed by atoms with Crippen LogP contribution in [0.4, 0.5) is 0 Å². The molecular formula is C13H17N3O3. The summed E-state index contributed by atoms with van der Waals surface area (Å²) in [4.78, 5) is 29.7. The lowest BCUT2D eigenvalue weighted by molar-refractivity contribution is -0.145. The minimum absolute atomic E-state index is 0.0180. The Morgan fingerprint density at radius 1 is 1.37 bits per heavy atom. The predicted molar refractivity (Wildman–Crippen MR) is 66.0 cm³/mol. The summed E-state index contributed by atoms with van der Waals surface area (Å²) in [5, 5.41) is 2.78. The van der Waals surface area contributed by atoms with Crippen LogP contribution in [0.1, 0.15) is 30.2 Å². The average Bonchev–Trinajstić information content (AvgIpc) is 3.12. The van der Waals surface area contributed by atoms with Gasteiger partial charge >= 0.3 is 0 Å². The highest BCUT2D eigenvalue weighted by Crippen LogP contribution is 2.34. The van der Waals surface area contributed by atoms with Gasteiger partial charge in [-0.25, -0.2) is 4.98 Å². The molecule has 1 N–H and O–H groups in total. The summed E-state index contributed by atoms with van der Waals surface area (Å²) < 4.78 is 5.48. The van der Waals surface area contributed by atoms with Crippen molar-refractivity contribution in [3.05, 3.63) is 17.3 Å². The lowest BCUT2D eigenvalue weighted by Gasteiger charge is -2.31. The predicted octanol–water partition coefficient (Wildman–Crippen LogP) is 0.528. The molecule has 1 aliphatic carbocycles. The molecule has 0 bridgehead atoms. The highest BCUT2D eigenvalue weighted by Gasteiger charge is 2.42. The van der Waals surface area contributed by atoms with Gasteiger partial charge in [-0.2, -0.15) is 0 Å². The van der Waals surface area contributed by atoms with Gasteiger partial charge in [-0.05, 0) is 32.6 Å². The molecule has 3 rings (SSSR count). The minimum Gasteiger partial charge on any atom is -0.444 e. The maximum absolute atomic E-state index is 12.3. The first-order valence-electron chi connectivity index (χ1n) is 6.55.